The smallest absolute Gasteiger partial charge is 0.422 e. The molecule has 16 nitrogen and oxygen atoms in total. The van der Waals surface area contributed by atoms with Gasteiger partial charge in [0.1, 0.15) is 29.8 Å². The van der Waals surface area contributed by atoms with E-state index in [1.54, 1.807) is 26.8 Å². The third kappa shape index (κ3) is 16.1. The fraction of sp³-hybridized carbons (Fsp3) is 0.500. The highest BCUT2D eigenvalue weighted by atomic mass is 19.4. The lowest BCUT2D eigenvalue weighted by Crippen LogP contribution is -2.55. The summed E-state index contributed by atoms with van der Waals surface area (Å²) in [5.41, 5.74) is -2.26. The minimum absolute atomic E-state index is 0.136. The number of anilines is 4. The van der Waals surface area contributed by atoms with Crippen molar-refractivity contribution in [3.63, 3.8) is 0 Å². The summed E-state index contributed by atoms with van der Waals surface area (Å²) in [6.45, 7) is 2.57. The van der Waals surface area contributed by atoms with Crippen LogP contribution in [0.1, 0.15) is 41.5 Å². The van der Waals surface area contributed by atoms with E-state index in [-0.39, 0.29) is 22.0 Å². The summed E-state index contributed by atoms with van der Waals surface area (Å²) in [7, 11) is 0. The van der Waals surface area contributed by atoms with Crippen molar-refractivity contribution in [3.05, 3.63) is 48.5 Å². The molecule has 2 atom stereocenters. The molecule has 25 heteroatoms. The number of hydrogen-bond donors (Lipinski definition) is 3. The van der Waals surface area contributed by atoms with Gasteiger partial charge in [-0.15, -0.1) is 0 Å². The molecule has 2 aliphatic heterocycles. The number of benzene rings is 2. The van der Waals surface area contributed by atoms with Crippen LogP contribution < -0.4 is 30.7 Å². The molecule has 0 unspecified atom stereocenters. The SMILES string of the molecule is CC(C)(C)OC(=O)N[C@H]1CN(C(=O)OCC(F)(F)F)c2ccccc2N(CC(F)(F)F)C1=O.CC(C)(C)OC(=O)N[C@H]1CN(C(=O)OCC(F)(F)F)c2ccccc2NC1=O. The van der Waals surface area contributed by atoms with E-state index in [4.69, 9.17) is 9.47 Å². The Morgan fingerprint density at radius 2 is 1.03 bits per heavy atom. The normalized spacial score (nSPS) is 17.2. The largest absolute Gasteiger partial charge is 0.444 e. The van der Waals surface area contributed by atoms with Gasteiger partial charge in [0.15, 0.2) is 13.2 Å². The second-order valence-corrected chi connectivity index (χ2v) is 15.0. The van der Waals surface area contributed by atoms with Crippen molar-refractivity contribution in [2.75, 3.05) is 52.9 Å². The molecule has 0 saturated carbocycles. The van der Waals surface area contributed by atoms with Gasteiger partial charge in [0.2, 0.25) is 5.91 Å². The average Bonchev–Trinajstić information content (AvgIpc) is 3.29. The summed E-state index contributed by atoms with van der Waals surface area (Å²) >= 11 is 0. The second kappa shape index (κ2) is 19.0. The number of para-hydroxylation sites is 4. The standard InChI is InChI=1S/C19H21F6N3O5.C17H20F3N3O5/c1-17(2,3)33-15(30)26-11-8-27(16(31)32-10-19(23,24)25)12-6-4-5-7-13(12)28(14(11)29)9-18(20,21)22;1-16(2,3)28-14(25)22-11-8-23(15(26)27-9-17(18,19)20)12-7-5-4-6-10(12)21-13(11)24/h4-7,11H,8-10H2,1-3H3,(H,26,30);4-7,11H,8-9H2,1-3H3,(H,21,24)(H,22,25)/t2*11-/m00/s1. The first-order valence-corrected chi connectivity index (χ1v) is 17.7. The van der Waals surface area contributed by atoms with Gasteiger partial charge in [-0.3, -0.25) is 24.3 Å². The molecule has 2 aromatic rings. The van der Waals surface area contributed by atoms with Crippen molar-refractivity contribution in [3.8, 4) is 0 Å². The summed E-state index contributed by atoms with van der Waals surface area (Å²) in [6.07, 6.45) is -19.4. The van der Waals surface area contributed by atoms with Crippen LogP contribution in [0.4, 0.5) is 81.4 Å². The molecule has 0 aliphatic carbocycles. The quantitative estimate of drug-likeness (QED) is 0.208. The van der Waals surface area contributed by atoms with E-state index in [0.29, 0.717) is 4.90 Å². The molecule has 4 rings (SSSR count). The van der Waals surface area contributed by atoms with Crippen LogP contribution in [0.15, 0.2) is 48.5 Å². The van der Waals surface area contributed by atoms with E-state index in [0.717, 1.165) is 17.0 Å². The van der Waals surface area contributed by atoms with Crippen LogP contribution in [0.3, 0.4) is 0 Å². The van der Waals surface area contributed by atoms with Crippen LogP contribution >= 0.6 is 0 Å². The van der Waals surface area contributed by atoms with Gasteiger partial charge >= 0.3 is 42.9 Å². The third-order valence-electron chi connectivity index (χ3n) is 7.41. The number of carbonyl (C=O) groups is 6. The van der Waals surface area contributed by atoms with Gasteiger partial charge in [-0.05, 0) is 65.8 Å². The summed E-state index contributed by atoms with van der Waals surface area (Å²) in [6, 6.07) is 7.74. The van der Waals surface area contributed by atoms with Crippen molar-refractivity contribution >= 4 is 58.9 Å². The van der Waals surface area contributed by atoms with Gasteiger partial charge in [-0.1, -0.05) is 24.3 Å². The number of nitrogens with zero attached hydrogens (tertiary/aromatic N) is 3. The molecule has 61 heavy (non-hydrogen) atoms. The van der Waals surface area contributed by atoms with Gasteiger partial charge in [-0.25, -0.2) is 19.2 Å². The first-order valence-electron chi connectivity index (χ1n) is 17.7. The molecule has 3 N–H and O–H groups in total. The maximum Gasteiger partial charge on any atom is 0.422 e. The van der Waals surface area contributed by atoms with Crippen molar-refractivity contribution in [1.82, 2.24) is 10.6 Å². The van der Waals surface area contributed by atoms with Crippen LogP contribution in [-0.2, 0) is 28.5 Å². The molecular formula is C36H41F9N6O10. The molecule has 2 aliphatic rings. The fourth-order valence-electron chi connectivity index (χ4n) is 5.23. The number of alkyl carbamates (subject to hydrolysis) is 2. The van der Waals surface area contributed by atoms with E-state index >= 15 is 0 Å². The van der Waals surface area contributed by atoms with E-state index in [1.165, 1.54) is 51.1 Å². The number of fused-ring (bicyclic) bond motifs is 2. The van der Waals surface area contributed by atoms with Crippen molar-refractivity contribution < 1.29 is 87.2 Å². The first-order chi connectivity index (χ1) is 27.8. The molecule has 2 aromatic carbocycles. The third-order valence-corrected chi connectivity index (χ3v) is 7.41. The van der Waals surface area contributed by atoms with E-state index in [1.807, 2.05) is 0 Å². The molecular weight excluding hydrogens is 847 g/mol. The van der Waals surface area contributed by atoms with Gasteiger partial charge in [0, 0.05) is 0 Å². The molecule has 0 saturated heterocycles. The Morgan fingerprint density at radius 1 is 0.623 bits per heavy atom. The van der Waals surface area contributed by atoms with E-state index < -0.39 is 117 Å². The lowest BCUT2D eigenvalue weighted by molar-refractivity contribution is -0.160. The minimum Gasteiger partial charge on any atom is -0.444 e. The predicted octanol–water partition coefficient (Wildman–Crippen LogP) is 7.03. The highest BCUT2D eigenvalue weighted by molar-refractivity contribution is 6.07. The number of amides is 6. The first kappa shape index (κ1) is 49.2. The summed E-state index contributed by atoms with van der Waals surface area (Å²) in [5, 5.41) is 6.91. The molecule has 0 bridgehead atoms. The van der Waals surface area contributed by atoms with Crippen molar-refractivity contribution in [2.24, 2.45) is 0 Å². The van der Waals surface area contributed by atoms with Crippen molar-refractivity contribution in [1.29, 1.82) is 0 Å². The maximum absolute atomic E-state index is 13.2. The zero-order valence-corrected chi connectivity index (χ0v) is 33.1. The molecule has 0 fully saturated rings. The van der Waals surface area contributed by atoms with Crippen LogP contribution in [0.2, 0.25) is 0 Å². The average molecular weight is 889 g/mol. The number of carbonyl (C=O) groups excluding carboxylic acids is 6. The Kier molecular flexibility index (Phi) is 15.4. The number of ether oxygens (including phenoxy) is 4. The summed E-state index contributed by atoms with van der Waals surface area (Å²) in [4.78, 5) is 75.9. The number of halogens is 9. The van der Waals surface area contributed by atoms with Crippen LogP contribution in [0, 0.1) is 0 Å². The highest BCUT2D eigenvalue weighted by Crippen LogP contribution is 2.36. The fourth-order valence-corrected chi connectivity index (χ4v) is 5.23. The Labute approximate surface area is 341 Å². The highest BCUT2D eigenvalue weighted by Gasteiger charge is 2.43. The molecule has 338 valence electrons. The number of alkyl halides is 9. The Morgan fingerprint density at radius 3 is 1.49 bits per heavy atom. The zero-order chi connectivity index (χ0) is 46.3. The molecule has 0 aromatic heterocycles. The van der Waals surface area contributed by atoms with Gasteiger partial charge in [0.05, 0.1) is 35.8 Å². The van der Waals surface area contributed by atoms with E-state index in [9.17, 15) is 68.3 Å². The van der Waals surface area contributed by atoms with Gasteiger partial charge < -0.3 is 34.9 Å². The van der Waals surface area contributed by atoms with E-state index in [2.05, 4.69) is 25.4 Å². The van der Waals surface area contributed by atoms with Gasteiger partial charge in [0.25, 0.3) is 5.91 Å². The van der Waals surface area contributed by atoms with Crippen LogP contribution in [0.25, 0.3) is 0 Å². The molecule has 0 radical (unpaired) electrons. The Bertz CT molecular complexity index is 1930. The monoisotopic (exact) mass is 888 g/mol. The lowest BCUT2D eigenvalue weighted by Gasteiger charge is -2.27. The summed E-state index contributed by atoms with van der Waals surface area (Å²) in [5.74, 6) is -1.92. The lowest BCUT2D eigenvalue weighted by atomic mass is 10.2. The maximum atomic E-state index is 13.2. The molecule has 0 spiro atoms. The van der Waals surface area contributed by atoms with Crippen LogP contribution in [0.5, 0.6) is 0 Å². The number of rotatable bonds is 5. The van der Waals surface area contributed by atoms with Gasteiger partial charge in [-0.2, -0.15) is 39.5 Å². The molecule has 6 amide bonds. The van der Waals surface area contributed by atoms with Crippen LogP contribution in [-0.4, -0.2) is 111 Å². The zero-order valence-electron chi connectivity index (χ0n) is 33.1. The summed E-state index contributed by atoms with van der Waals surface area (Å²) < 4.78 is 133. The Balaban J connectivity index is 0.000000330. The number of nitrogens with one attached hydrogen (secondary N) is 3. The topological polar surface area (TPSA) is 185 Å². The second-order valence-electron chi connectivity index (χ2n) is 15.0. The minimum atomic E-state index is -4.87. The van der Waals surface area contributed by atoms with Crippen molar-refractivity contribution in [2.45, 2.75) is 83.4 Å². The Hall–Kier alpha value is -6.17. The number of hydrogen-bond acceptors (Lipinski definition) is 10. The molecule has 2 heterocycles. The predicted molar refractivity (Wildman–Crippen MR) is 196 cm³/mol.